The fraction of sp³-hybridized carbons (Fsp3) is 0.0952. The van der Waals surface area contributed by atoms with Crippen molar-refractivity contribution in [1.82, 2.24) is 0 Å². The van der Waals surface area contributed by atoms with E-state index in [9.17, 15) is 9.59 Å². The van der Waals surface area contributed by atoms with Crippen molar-refractivity contribution in [2.24, 2.45) is 4.99 Å². The quantitative estimate of drug-likeness (QED) is 0.820. The number of aliphatic imine (C=N–C) groups is 1. The van der Waals surface area contributed by atoms with E-state index < -0.39 is 0 Å². The van der Waals surface area contributed by atoms with Gasteiger partial charge in [0.1, 0.15) is 6.20 Å². The van der Waals surface area contributed by atoms with Crippen LogP contribution in [0.15, 0.2) is 83.8 Å². The Morgan fingerprint density at radius 2 is 1.93 bits per heavy atom. The van der Waals surface area contributed by atoms with Crippen LogP contribution >= 0.6 is 0 Å². The Morgan fingerprint density at radius 3 is 2.70 bits per heavy atom. The highest BCUT2D eigenvalue weighted by atomic mass is 16.2. The van der Waals surface area contributed by atoms with Crippen molar-refractivity contribution in [3.05, 3.63) is 84.3 Å². The topological polar surface area (TPSA) is 66.2 Å². The Kier molecular flexibility index (Phi) is 4.40. The van der Waals surface area contributed by atoms with Gasteiger partial charge in [-0.3, -0.25) is 14.5 Å². The molecule has 0 fully saturated rings. The predicted octanol–water partition coefficient (Wildman–Crippen LogP) is 1.96. The van der Waals surface area contributed by atoms with Crippen molar-refractivity contribution in [3.8, 4) is 0 Å². The molecule has 4 rings (SSSR count). The normalized spacial score (nSPS) is 17.8. The molecule has 0 spiro atoms. The van der Waals surface area contributed by atoms with Crippen LogP contribution < -0.4 is 15.1 Å². The summed E-state index contributed by atoms with van der Waals surface area (Å²) in [5, 5.41) is 2.85. The largest absolute Gasteiger partial charge is 0.320 e. The zero-order chi connectivity index (χ0) is 18.8. The summed E-state index contributed by atoms with van der Waals surface area (Å²) < 4.78 is 0. The van der Waals surface area contributed by atoms with Crippen LogP contribution in [0.1, 0.15) is 17.3 Å². The molecule has 1 amide bonds. The molecule has 2 aliphatic heterocycles. The Hall–Kier alpha value is -3.51. The molecule has 2 N–H and O–H groups in total. The number of nitrogens with one attached hydrogen (secondary N) is 2. The number of rotatable bonds is 4. The molecule has 1 unspecified atom stereocenters. The van der Waals surface area contributed by atoms with E-state index in [2.05, 4.69) is 10.3 Å². The van der Waals surface area contributed by atoms with E-state index in [0.717, 1.165) is 22.1 Å². The van der Waals surface area contributed by atoms with E-state index >= 15 is 0 Å². The highest BCUT2D eigenvalue weighted by Gasteiger charge is 2.30. The lowest BCUT2D eigenvalue weighted by Crippen LogP contribution is -3.11. The third kappa shape index (κ3) is 3.56. The maximum absolute atomic E-state index is 12.5. The van der Waals surface area contributed by atoms with E-state index in [1.54, 1.807) is 13.0 Å². The number of hydrogen-bond donors (Lipinski definition) is 2. The van der Waals surface area contributed by atoms with Gasteiger partial charge in [-0.05, 0) is 31.2 Å². The van der Waals surface area contributed by atoms with Crippen molar-refractivity contribution in [3.63, 3.8) is 0 Å². The van der Waals surface area contributed by atoms with Gasteiger partial charge < -0.3 is 5.32 Å². The number of quaternary nitrogens is 1. The van der Waals surface area contributed by atoms with Crippen molar-refractivity contribution < 1.29 is 14.5 Å². The van der Waals surface area contributed by atoms with Crippen LogP contribution in [0.3, 0.4) is 0 Å². The van der Waals surface area contributed by atoms with Gasteiger partial charge in [-0.15, -0.1) is 0 Å². The minimum Gasteiger partial charge on any atom is -0.320 e. The maximum atomic E-state index is 12.5. The van der Waals surface area contributed by atoms with E-state index in [0.29, 0.717) is 17.9 Å². The maximum Gasteiger partial charge on any atom is 0.280 e. The molecule has 2 aliphatic rings. The minimum atomic E-state index is -0.228. The zero-order valence-electron chi connectivity index (χ0n) is 14.8. The number of ketones is 1. The van der Waals surface area contributed by atoms with Gasteiger partial charge in [0.15, 0.2) is 18.1 Å². The van der Waals surface area contributed by atoms with E-state index in [4.69, 9.17) is 0 Å². The molecule has 2 heterocycles. The second-order valence-corrected chi connectivity index (χ2v) is 6.42. The van der Waals surface area contributed by atoms with Gasteiger partial charge in [-0.1, -0.05) is 30.3 Å². The average molecular weight is 359 g/mol. The van der Waals surface area contributed by atoms with Gasteiger partial charge in [0, 0.05) is 29.2 Å². The standard InChI is InChI=1S/C21H18N4O2/c1-15(26)16-6-5-9-18(12-16)24-11-10-20-23-19(13-25(20)14-24)21(27)22-17-7-3-2-4-8-17/h2-13H,14H2,1H3,(H,22,27)/p+1. The summed E-state index contributed by atoms with van der Waals surface area (Å²) in [4.78, 5) is 31.5. The summed E-state index contributed by atoms with van der Waals surface area (Å²) >= 11 is 0. The summed E-state index contributed by atoms with van der Waals surface area (Å²) in [5.41, 5.74) is 2.74. The van der Waals surface area contributed by atoms with Crippen LogP contribution in [0.25, 0.3) is 0 Å². The summed E-state index contributed by atoms with van der Waals surface area (Å²) in [5.74, 6) is 0.606. The number of anilines is 2. The first-order chi connectivity index (χ1) is 13.1. The number of carbonyl (C=O) groups excluding carboxylic acids is 2. The van der Waals surface area contributed by atoms with Gasteiger partial charge >= 0.3 is 0 Å². The van der Waals surface area contributed by atoms with Gasteiger partial charge in [0.25, 0.3) is 5.91 Å². The molecule has 0 saturated carbocycles. The van der Waals surface area contributed by atoms with Crippen LogP contribution in [0.4, 0.5) is 11.4 Å². The number of amidine groups is 1. The third-order valence-corrected chi connectivity index (χ3v) is 4.48. The molecule has 0 bridgehead atoms. The fourth-order valence-electron chi connectivity index (χ4n) is 3.05. The van der Waals surface area contributed by atoms with Crippen molar-refractivity contribution >= 4 is 28.9 Å². The third-order valence-electron chi connectivity index (χ3n) is 4.48. The Balaban J connectivity index is 1.50. The molecular formula is C21H19N4O2+. The highest BCUT2D eigenvalue weighted by Crippen LogP contribution is 2.18. The van der Waals surface area contributed by atoms with Crippen LogP contribution in [-0.4, -0.2) is 24.2 Å². The molecule has 0 aromatic heterocycles. The first kappa shape index (κ1) is 16.9. The lowest BCUT2D eigenvalue weighted by atomic mass is 10.1. The molecular weight excluding hydrogens is 340 g/mol. The molecule has 27 heavy (non-hydrogen) atoms. The fourth-order valence-corrected chi connectivity index (χ4v) is 3.05. The molecule has 0 aliphatic carbocycles. The first-order valence-electron chi connectivity index (χ1n) is 8.69. The summed E-state index contributed by atoms with van der Waals surface area (Å²) in [6.07, 6.45) is 5.63. The summed E-state index contributed by atoms with van der Waals surface area (Å²) in [6.45, 7) is 2.15. The predicted molar refractivity (Wildman–Crippen MR) is 104 cm³/mol. The summed E-state index contributed by atoms with van der Waals surface area (Å²) in [7, 11) is 0. The SMILES string of the molecule is CC(=O)c1cccc(N2C=CC3=NC(C(=O)Nc4ccccc4)=C[NH+]3C2)c1. The van der Waals surface area contributed by atoms with Crippen LogP contribution in [0, 0.1) is 0 Å². The van der Waals surface area contributed by atoms with E-state index in [-0.39, 0.29) is 11.7 Å². The molecule has 2 aromatic rings. The van der Waals surface area contributed by atoms with Crippen LogP contribution in [-0.2, 0) is 4.79 Å². The lowest BCUT2D eigenvalue weighted by molar-refractivity contribution is -0.742. The molecule has 1 atom stereocenters. The molecule has 134 valence electrons. The number of hydrogen-bond acceptors (Lipinski definition) is 4. The monoisotopic (exact) mass is 359 g/mol. The number of nitrogens with zero attached hydrogens (tertiary/aromatic N) is 2. The van der Waals surface area contributed by atoms with Crippen molar-refractivity contribution in [2.75, 3.05) is 16.9 Å². The number of fused-ring (bicyclic) bond motifs is 1. The zero-order valence-corrected chi connectivity index (χ0v) is 14.8. The highest BCUT2D eigenvalue weighted by molar-refractivity contribution is 6.06. The van der Waals surface area contributed by atoms with Crippen molar-refractivity contribution in [1.29, 1.82) is 0 Å². The van der Waals surface area contributed by atoms with Gasteiger partial charge in [-0.25, -0.2) is 4.90 Å². The molecule has 6 nitrogen and oxygen atoms in total. The molecule has 2 aromatic carbocycles. The first-order valence-corrected chi connectivity index (χ1v) is 8.69. The lowest BCUT2D eigenvalue weighted by Gasteiger charge is -2.26. The number of carbonyl (C=O) groups is 2. The molecule has 0 radical (unpaired) electrons. The summed E-state index contributed by atoms with van der Waals surface area (Å²) in [6, 6.07) is 16.8. The minimum absolute atomic E-state index is 0.0355. The average Bonchev–Trinajstić information content (AvgIpc) is 3.12. The van der Waals surface area contributed by atoms with Crippen molar-refractivity contribution in [2.45, 2.75) is 6.92 Å². The van der Waals surface area contributed by atoms with E-state index in [1.807, 2.05) is 71.9 Å². The van der Waals surface area contributed by atoms with Gasteiger partial charge in [0.05, 0.1) is 0 Å². The van der Waals surface area contributed by atoms with Gasteiger partial charge in [0.2, 0.25) is 5.84 Å². The second-order valence-electron chi connectivity index (χ2n) is 6.42. The number of Topliss-reactive ketones (excluding diaryl/α,β-unsaturated/α-hetero) is 1. The Labute approximate surface area is 157 Å². The number of para-hydroxylation sites is 1. The second kappa shape index (κ2) is 7.01. The number of amides is 1. The van der Waals surface area contributed by atoms with Crippen LogP contribution in [0.5, 0.6) is 0 Å². The van der Waals surface area contributed by atoms with Crippen LogP contribution in [0.2, 0.25) is 0 Å². The Morgan fingerprint density at radius 1 is 1.11 bits per heavy atom. The van der Waals surface area contributed by atoms with Gasteiger partial charge in [-0.2, -0.15) is 4.99 Å². The number of benzene rings is 2. The van der Waals surface area contributed by atoms with E-state index in [1.165, 1.54) is 0 Å². The molecule has 0 saturated heterocycles. The smallest absolute Gasteiger partial charge is 0.280 e. The molecule has 6 heteroatoms. The Bertz CT molecular complexity index is 992.